The molecule has 1 aromatic carbocycles. The van der Waals surface area contributed by atoms with Gasteiger partial charge in [-0.3, -0.25) is 0 Å². The second-order valence-corrected chi connectivity index (χ2v) is 5.65. The van der Waals surface area contributed by atoms with Crippen LogP contribution in [0.1, 0.15) is 26.3 Å². The molecule has 1 N–H and O–H groups in total. The monoisotopic (exact) mass is 285 g/mol. The molecular formula is C16H19N3O2. The smallest absolute Gasteiger partial charge is 0.407 e. The molecule has 0 unspecified atom stereocenters. The number of benzene rings is 1. The maximum atomic E-state index is 11.6. The summed E-state index contributed by atoms with van der Waals surface area (Å²) in [4.78, 5) is 19.7. The minimum absolute atomic E-state index is 0.414. The fraction of sp³-hybridized carbons (Fsp3) is 0.312. The molecule has 0 fully saturated rings. The van der Waals surface area contributed by atoms with E-state index in [0.717, 1.165) is 16.8 Å². The van der Waals surface area contributed by atoms with Crippen LogP contribution < -0.4 is 5.32 Å². The van der Waals surface area contributed by atoms with Crippen molar-refractivity contribution in [1.82, 2.24) is 15.3 Å². The fourth-order valence-corrected chi connectivity index (χ4v) is 1.74. The molecule has 5 nitrogen and oxygen atoms in total. The van der Waals surface area contributed by atoms with E-state index in [0.29, 0.717) is 6.54 Å². The van der Waals surface area contributed by atoms with Crippen molar-refractivity contribution in [2.24, 2.45) is 0 Å². The molecule has 0 radical (unpaired) electrons. The largest absolute Gasteiger partial charge is 0.444 e. The molecule has 5 heteroatoms. The lowest BCUT2D eigenvalue weighted by molar-refractivity contribution is 0.0523. The Kier molecular flexibility index (Phi) is 4.52. The van der Waals surface area contributed by atoms with Gasteiger partial charge in [0, 0.05) is 18.3 Å². The first kappa shape index (κ1) is 15.0. The van der Waals surface area contributed by atoms with E-state index < -0.39 is 11.7 Å². The van der Waals surface area contributed by atoms with E-state index in [1.54, 1.807) is 6.20 Å². The zero-order valence-electron chi connectivity index (χ0n) is 12.5. The van der Waals surface area contributed by atoms with Crippen LogP contribution in [0.15, 0.2) is 42.9 Å². The van der Waals surface area contributed by atoms with Crippen LogP contribution in [0.4, 0.5) is 4.79 Å². The lowest BCUT2D eigenvalue weighted by Crippen LogP contribution is -2.32. The highest BCUT2D eigenvalue weighted by atomic mass is 16.6. The number of aromatic nitrogens is 2. The van der Waals surface area contributed by atoms with E-state index >= 15 is 0 Å². The van der Waals surface area contributed by atoms with Crippen molar-refractivity contribution in [3.8, 4) is 11.3 Å². The Balaban J connectivity index is 1.93. The van der Waals surface area contributed by atoms with Crippen LogP contribution in [0.25, 0.3) is 11.3 Å². The molecule has 2 rings (SSSR count). The summed E-state index contributed by atoms with van der Waals surface area (Å²) >= 11 is 0. The van der Waals surface area contributed by atoms with E-state index in [9.17, 15) is 4.79 Å². The molecule has 0 bridgehead atoms. The van der Waals surface area contributed by atoms with Crippen molar-refractivity contribution < 1.29 is 9.53 Å². The summed E-state index contributed by atoms with van der Waals surface area (Å²) in [5, 5.41) is 2.73. The molecule has 1 amide bonds. The molecule has 0 aliphatic carbocycles. The van der Waals surface area contributed by atoms with Gasteiger partial charge in [0.1, 0.15) is 11.9 Å². The van der Waals surface area contributed by atoms with E-state index in [-0.39, 0.29) is 0 Å². The Morgan fingerprint density at radius 2 is 1.90 bits per heavy atom. The molecule has 1 aromatic heterocycles. The number of carbonyl (C=O) groups is 1. The second-order valence-electron chi connectivity index (χ2n) is 5.65. The minimum Gasteiger partial charge on any atom is -0.444 e. The summed E-state index contributed by atoms with van der Waals surface area (Å²) in [6, 6.07) is 9.69. The molecule has 0 spiro atoms. The summed E-state index contributed by atoms with van der Waals surface area (Å²) < 4.78 is 5.19. The van der Waals surface area contributed by atoms with Gasteiger partial charge >= 0.3 is 6.09 Å². The van der Waals surface area contributed by atoms with Crippen LogP contribution in [0, 0.1) is 0 Å². The lowest BCUT2D eigenvalue weighted by atomic mass is 10.1. The van der Waals surface area contributed by atoms with Crippen molar-refractivity contribution in [2.45, 2.75) is 32.9 Å². The molecule has 2 aromatic rings. The molecule has 1 heterocycles. The van der Waals surface area contributed by atoms with Crippen LogP contribution in [0.2, 0.25) is 0 Å². The predicted molar refractivity (Wildman–Crippen MR) is 80.5 cm³/mol. The Morgan fingerprint density at radius 1 is 1.19 bits per heavy atom. The number of hydrogen-bond acceptors (Lipinski definition) is 4. The third-order valence-electron chi connectivity index (χ3n) is 2.67. The van der Waals surface area contributed by atoms with Crippen LogP contribution in [-0.2, 0) is 11.3 Å². The van der Waals surface area contributed by atoms with Crippen molar-refractivity contribution in [3.05, 3.63) is 48.4 Å². The van der Waals surface area contributed by atoms with Crippen LogP contribution in [-0.4, -0.2) is 21.7 Å². The molecule has 0 saturated carbocycles. The molecule has 0 atom stereocenters. The van der Waals surface area contributed by atoms with E-state index in [1.165, 1.54) is 6.33 Å². The third-order valence-corrected chi connectivity index (χ3v) is 2.67. The highest BCUT2D eigenvalue weighted by Gasteiger charge is 2.15. The van der Waals surface area contributed by atoms with Crippen LogP contribution in [0.3, 0.4) is 0 Å². The number of nitrogens with one attached hydrogen (secondary N) is 1. The first-order chi connectivity index (χ1) is 9.94. The normalized spacial score (nSPS) is 11.0. The average Bonchev–Trinajstić information content (AvgIpc) is 2.45. The van der Waals surface area contributed by atoms with Gasteiger partial charge in [0.15, 0.2) is 0 Å². The lowest BCUT2D eigenvalue weighted by Gasteiger charge is -2.19. The zero-order chi connectivity index (χ0) is 15.3. The third kappa shape index (κ3) is 4.87. The van der Waals surface area contributed by atoms with Crippen molar-refractivity contribution in [1.29, 1.82) is 0 Å². The number of hydrogen-bond donors (Lipinski definition) is 1. The van der Waals surface area contributed by atoms with Crippen molar-refractivity contribution in [3.63, 3.8) is 0 Å². The Morgan fingerprint density at radius 3 is 2.48 bits per heavy atom. The summed E-state index contributed by atoms with van der Waals surface area (Å²) in [5.74, 6) is 0. The number of nitrogens with zero attached hydrogens (tertiary/aromatic N) is 2. The number of ether oxygens (including phenoxy) is 1. The van der Waals surface area contributed by atoms with Gasteiger partial charge < -0.3 is 10.1 Å². The van der Waals surface area contributed by atoms with Crippen LogP contribution in [0.5, 0.6) is 0 Å². The topological polar surface area (TPSA) is 64.1 Å². The number of alkyl carbamates (subject to hydrolysis) is 1. The quantitative estimate of drug-likeness (QED) is 0.940. The maximum absolute atomic E-state index is 11.6. The van der Waals surface area contributed by atoms with E-state index in [1.807, 2.05) is 51.1 Å². The van der Waals surface area contributed by atoms with Gasteiger partial charge in [0.25, 0.3) is 0 Å². The minimum atomic E-state index is -0.485. The first-order valence-electron chi connectivity index (χ1n) is 6.76. The highest BCUT2D eigenvalue weighted by molar-refractivity contribution is 5.67. The Hall–Kier alpha value is -2.43. The van der Waals surface area contributed by atoms with Gasteiger partial charge in [-0.1, -0.05) is 24.3 Å². The summed E-state index contributed by atoms with van der Waals surface area (Å²) in [6.07, 6.45) is 2.82. The maximum Gasteiger partial charge on any atom is 0.407 e. The molecule has 0 saturated heterocycles. The van der Waals surface area contributed by atoms with Crippen molar-refractivity contribution >= 4 is 6.09 Å². The van der Waals surface area contributed by atoms with Gasteiger partial charge in [-0.2, -0.15) is 0 Å². The standard InChI is InChI=1S/C16H19N3O2/c1-16(2,3)21-15(20)18-10-12-4-6-13(7-5-12)14-8-9-17-11-19-14/h4-9,11H,10H2,1-3H3,(H,18,20). The number of carbonyl (C=O) groups excluding carboxylic acids is 1. The van der Waals surface area contributed by atoms with Gasteiger partial charge in [-0.25, -0.2) is 14.8 Å². The molecule has 0 aliphatic heterocycles. The van der Waals surface area contributed by atoms with E-state index in [4.69, 9.17) is 4.74 Å². The summed E-state index contributed by atoms with van der Waals surface area (Å²) in [7, 11) is 0. The molecular weight excluding hydrogens is 266 g/mol. The summed E-state index contributed by atoms with van der Waals surface area (Å²) in [6.45, 7) is 5.94. The Bertz CT molecular complexity index is 589. The number of rotatable bonds is 3. The molecule has 0 aliphatic rings. The number of amides is 1. The fourth-order valence-electron chi connectivity index (χ4n) is 1.74. The highest BCUT2D eigenvalue weighted by Crippen LogP contribution is 2.16. The first-order valence-corrected chi connectivity index (χ1v) is 6.76. The van der Waals surface area contributed by atoms with E-state index in [2.05, 4.69) is 15.3 Å². The van der Waals surface area contributed by atoms with Crippen molar-refractivity contribution in [2.75, 3.05) is 0 Å². The predicted octanol–water partition coefficient (Wildman–Crippen LogP) is 3.17. The Labute approximate surface area is 124 Å². The van der Waals surface area contributed by atoms with Gasteiger partial charge in [0.2, 0.25) is 0 Å². The SMILES string of the molecule is CC(C)(C)OC(=O)NCc1ccc(-c2ccncn2)cc1. The van der Waals surface area contributed by atoms with Crippen LogP contribution >= 0.6 is 0 Å². The second kappa shape index (κ2) is 6.35. The molecule has 110 valence electrons. The summed E-state index contributed by atoms with van der Waals surface area (Å²) in [5.41, 5.74) is 2.40. The van der Waals surface area contributed by atoms with Gasteiger partial charge in [-0.15, -0.1) is 0 Å². The van der Waals surface area contributed by atoms with Gasteiger partial charge in [0.05, 0.1) is 5.69 Å². The zero-order valence-corrected chi connectivity index (χ0v) is 12.5. The molecule has 21 heavy (non-hydrogen) atoms. The average molecular weight is 285 g/mol. The van der Waals surface area contributed by atoms with Gasteiger partial charge in [-0.05, 0) is 32.4 Å².